The van der Waals surface area contributed by atoms with E-state index >= 15 is 0 Å². The highest BCUT2D eigenvalue weighted by Crippen LogP contribution is 2.32. The van der Waals surface area contributed by atoms with E-state index in [1.807, 2.05) is 0 Å². The summed E-state index contributed by atoms with van der Waals surface area (Å²) < 4.78 is 43.1. The number of carbonyl (C=O) groups excluding carboxylic acids is 1. The number of benzene rings is 1. The zero-order valence-electron chi connectivity index (χ0n) is 11.9. The fourth-order valence-electron chi connectivity index (χ4n) is 2.97. The summed E-state index contributed by atoms with van der Waals surface area (Å²) in [4.78, 5) is 13.4. The van der Waals surface area contributed by atoms with Gasteiger partial charge in [0, 0.05) is 18.2 Å². The monoisotopic (exact) mass is 314 g/mol. The van der Waals surface area contributed by atoms with E-state index in [0.29, 0.717) is 12.2 Å². The van der Waals surface area contributed by atoms with Crippen LogP contribution in [0.15, 0.2) is 24.3 Å². The van der Waals surface area contributed by atoms with Crippen molar-refractivity contribution in [3.8, 4) is 0 Å². The molecular formula is C15H17F3N2O2. The molecule has 4 nitrogen and oxygen atoms in total. The highest BCUT2D eigenvalue weighted by molar-refractivity contribution is 5.89. The molecule has 1 aromatic carbocycles. The van der Waals surface area contributed by atoms with E-state index in [1.165, 1.54) is 17.0 Å². The molecule has 2 heterocycles. The normalized spacial score (nSPS) is 26.1. The maximum atomic E-state index is 12.6. The number of alkyl halides is 3. The molecule has 22 heavy (non-hydrogen) atoms. The predicted octanol–water partition coefficient (Wildman–Crippen LogP) is 3.03. The van der Waals surface area contributed by atoms with Crippen LogP contribution >= 0.6 is 0 Å². The lowest BCUT2D eigenvalue weighted by molar-refractivity contribution is -0.137. The summed E-state index contributed by atoms with van der Waals surface area (Å²) >= 11 is 0. The van der Waals surface area contributed by atoms with Crippen LogP contribution in [0.4, 0.5) is 23.7 Å². The molecule has 2 fully saturated rings. The minimum atomic E-state index is -4.37. The molecule has 2 unspecified atom stereocenters. The van der Waals surface area contributed by atoms with E-state index in [0.717, 1.165) is 38.1 Å². The second-order valence-electron chi connectivity index (χ2n) is 5.68. The van der Waals surface area contributed by atoms with E-state index in [4.69, 9.17) is 4.74 Å². The van der Waals surface area contributed by atoms with Crippen molar-refractivity contribution in [3.05, 3.63) is 29.8 Å². The van der Waals surface area contributed by atoms with E-state index in [-0.39, 0.29) is 12.0 Å². The maximum absolute atomic E-state index is 12.6. The van der Waals surface area contributed by atoms with Gasteiger partial charge in [0.2, 0.25) is 0 Å². The smallest absolute Gasteiger partial charge is 0.416 e. The molecule has 0 radical (unpaired) electrons. The second kappa shape index (κ2) is 5.79. The molecule has 0 bridgehead atoms. The number of anilines is 1. The van der Waals surface area contributed by atoms with Crippen molar-refractivity contribution in [1.82, 2.24) is 5.32 Å². The number of hydrogen-bond donors (Lipinski definition) is 1. The number of nitrogens with zero attached hydrogens (tertiary/aromatic N) is 1. The first-order valence-corrected chi connectivity index (χ1v) is 7.31. The number of nitrogens with one attached hydrogen (secondary N) is 1. The molecule has 3 rings (SSSR count). The first kappa shape index (κ1) is 15.1. The van der Waals surface area contributed by atoms with Crippen molar-refractivity contribution in [2.75, 3.05) is 24.5 Å². The van der Waals surface area contributed by atoms with Gasteiger partial charge < -0.3 is 10.1 Å². The van der Waals surface area contributed by atoms with Crippen molar-refractivity contribution < 1.29 is 22.7 Å². The summed E-state index contributed by atoms with van der Waals surface area (Å²) in [6.45, 7) is 2.16. The minimum absolute atomic E-state index is 0.206. The zero-order valence-corrected chi connectivity index (χ0v) is 11.9. The topological polar surface area (TPSA) is 41.6 Å². The fourth-order valence-corrected chi connectivity index (χ4v) is 2.97. The Morgan fingerprint density at radius 3 is 2.55 bits per heavy atom. The summed E-state index contributed by atoms with van der Waals surface area (Å²) in [7, 11) is 0. The van der Waals surface area contributed by atoms with E-state index in [2.05, 4.69) is 5.32 Å². The van der Waals surface area contributed by atoms with Crippen molar-refractivity contribution in [1.29, 1.82) is 0 Å². The Labute approximate surface area is 126 Å². The third-order valence-corrected chi connectivity index (χ3v) is 4.20. The molecule has 0 saturated carbocycles. The van der Waals surface area contributed by atoms with Crippen LogP contribution in [0.3, 0.4) is 0 Å². The summed E-state index contributed by atoms with van der Waals surface area (Å²) in [6, 6.07) is 4.59. The van der Waals surface area contributed by atoms with Gasteiger partial charge in [-0.05, 0) is 43.7 Å². The third-order valence-electron chi connectivity index (χ3n) is 4.20. The van der Waals surface area contributed by atoms with Gasteiger partial charge >= 0.3 is 12.3 Å². The first-order chi connectivity index (χ1) is 10.4. The Morgan fingerprint density at radius 2 is 1.95 bits per heavy atom. The SMILES string of the molecule is O=C1OC(C2CCCNC2)CN1c1ccc(C(F)(F)F)cc1. The van der Waals surface area contributed by atoms with Crippen LogP contribution in [0.2, 0.25) is 0 Å². The molecule has 0 aromatic heterocycles. The second-order valence-corrected chi connectivity index (χ2v) is 5.68. The zero-order chi connectivity index (χ0) is 15.7. The predicted molar refractivity (Wildman–Crippen MR) is 74.7 cm³/mol. The molecule has 120 valence electrons. The van der Waals surface area contributed by atoms with Crippen LogP contribution in [0.5, 0.6) is 0 Å². The molecule has 2 aliphatic heterocycles. The molecule has 2 saturated heterocycles. The van der Waals surface area contributed by atoms with E-state index < -0.39 is 17.8 Å². The number of hydrogen-bond acceptors (Lipinski definition) is 3. The van der Waals surface area contributed by atoms with Crippen molar-refractivity contribution in [2.24, 2.45) is 5.92 Å². The van der Waals surface area contributed by atoms with Gasteiger partial charge in [0.25, 0.3) is 0 Å². The number of carbonyl (C=O) groups is 1. The van der Waals surface area contributed by atoms with Gasteiger partial charge in [-0.25, -0.2) is 4.79 Å². The lowest BCUT2D eigenvalue weighted by Crippen LogP contribution is -2.38. The van der Waals surface area contributed by atoms with Crippen LogP contribution in [0.1, 0.15) is 18.4 Å². The Bertz CT molecular complexity index is 539. The number of cyclic esters (lactones) is 1. The third kappa shape index (κ3) is 3.04. The molecule has 0 aliphatic carbocycles. The Kier molecular flexibility index (Phi) is 3.99. The summed E-state index contributed by atoms with van der Waals surface area (Å²) in [5.74, 6) is 0.261. The molecule has 1 aromatic rings. The number of rotatable bonds is 2. The molecule has 2 atom stereocenters. The Balaban J connectivity index is 1.71. The molecule has 1 amide bonds. The van der Waals surface area contributed by atoms with Crippen molar-refractivity contribution in [2.45, 2.75) is 25.1 Å². The fraction of sp³-hybridized carbons (Fsp3) is 0.533. The van der Waals surface area contributed by atoms with Gasteiger partial charge in [-0.3, -0.25) is 4.90 Å². The highest BCUT2D eigenvalue weighted by atomic mass is 19.4. The lowest BCUT2D eigenvalue weighted by Gasteiger charge is -2.26. The maximum Gasteiger partial charge on any atom is 0.416 e. The highest BCUT2D eigenvalue weighted by Gasteiger charge is 2.38. The largest absolute Gasteiger partial charge is 0.444 e. The van der Waals surface area contributed by atoms with Gasteiger partial charge in [0.05, 0.1) is 12.1 Å². The van der Waals surface area contributed by atoms with Crippen LogP contribution < -0.4 is 10.2 Å². The van der Waals surface area contributed by atoms with E-state index in [9.17, 15) is 18.0 Å². The van der Waals surface area contributed by atoms with Crippen LogP contribution in [-0.2, 0) is 10.9 Å². The van der Waals surface area contributed by atoms with Gasteiger partial charge in [-0.2, -0.15) is 13.2 Å². The van der Waals surface area contributed by atoms with Gasteiger partial charge in [-0.1, -0.05) is 0 Å². The van der Waals surface area contributed by atoms with E-state index in [1.54, 1.807) is 0 Å². The quantitative estimate of drug-likeness (QED) is 0.912. The average Bonchev–Trinajstić information content (AvgIpc) is 2.89. The molecule has 0 spiro atoms. The summed E-state index contributed by atoms with van der Waals surface area (Å²) in [5, 5.41) is 3.27. The number of ether oxygens (including phenoxy) is 1. The molecule has 2 aliphatic rings. The summed E-state index contributed by atoms with van der Waals surface area (Å²) in [6.07, 6.45) is -3.04. The number of piperidine rings is 1. The minimum Gasteiger partial charge on any atom is -0.444 e. The van der Waals surface area contributed by atoms with Crippen LogP contribution in [-0.4, -0.2) is 31.8 Å². The average molecular weight is 314 g/mol. The standard InChI is InChI=1S/C15H17F3N2O2/c16-15(17,18)11-3-5-12(6-4-11)20-9-13(22-14(20)21)10-2-1-7-19-8-10/h3-6,10,13,19H,1-2,7-9H2. The molecular weight excluding hydrogens is 297 g/mol. The number of amides is 1. The Morgan fingerprint density at radius 1 is 1.23 bits per heavy atom. The van der Waals surface area contributed by atoms with Gasteiger partial charge in [-0.15, -0.1) is 0 Å². The molecule has 7 heteroatoms. The van der Waals surface area contributed by atoms with Crippen LogP contribution in [0, 0.1) is 5.92 Å². The van der Waals surface area contributed by atoms with Gasteiger partial charge in [0.15, 0.2) is 0 Å². The van der Waals surface area contributed by atoms with Gasteiger partial charge in [0.1, 0.15) is 6.10 Å². The number of halogens is 3. The first-order valence-electron chi connectivity index (χ1n) is 7.31. The Hall–Kier alpha value is -1.76. The summed E-state index contributed by atoms with van der Waals surface area (Å²) in [5.41, 5.74) is -0.291. The van der Waals surface area contributed by atoms with Crippen LogP contribution in [0.25, 0.3) is 0 Å². The van der Waals surface area contributed by atoms with Crippen molar-refractivity contribution >= 4 is 11.8 Å². The lowest BCUT2D eigenvalue weighted by atomic mass is 9.94. The van der Waals surface area contributed by atoms with Crippen molar-refractivity contribution in [3.63, 3.8) is 0 Å². The molecule has 1 N–H and O–H groups in total.